The highest BCUT2D eigenvalue weighted by atomic mass is 35.5. The summed E-state index contributed by atoms with van der Waals surface area (Å²) < 4.78 is 7.23. The largest absolute Gasteiger partial charge is 0.394 e. The van der Waals surface area contributed by atoms with Crippen LogP contribution in [0.3, 0.4) is 0 Å². The van der Waals surface area contributed by atoms with Crippen LogP contribution in [0.2, 0.25) is 5.28 Å². The van der Waals surface area contributed by atoms with Crippen molar-refractivity contribution in [3.05, 3.63) is 83.4 Å². The molecule has 9 nitrogen and oxygen atoms in total. The number of hydrogen-bond donors (Lipinski definition) is 3. The third-order valence-electron chi connectivity index (χ3n) is 7.39. The maximum atomic E-state index is 10.5. The van der Waals surface area contributed by atoms with Crippen LogP contribution in [0.4, 0.5) is 5.82 Å². The summed E-state index contributed by atoms with van der Waals surface area (Å²) in [6.07, 6.45) is -1.99. The van der Waals surface area contributed by atoms with Gasteiger partial charge in [0.1, 0.15) is 18.3 Å². The smallest absolute Gasteiger partial charge is 0.226 e. The Labute approximate surface area is 212 Å². The molecule has 0 saturated carbocycles. The first-order valence-electron chi connectivity index (χ1n) is 11.9. The lowest BCUT2D eigenvalue weighted by Crippen LogP contribution is -2.33. The van der Waals surface area contributed by atoms with Crippen molar-refractivity contribution in [1.82, 2.24) is 19.5 Å². The van der Waals surface area contributed by atoms with E-state index in [1.807, 2.05) is 12.1 Å². The van der Waals surface area contributed by atoms with Crippen molar-refractivity contribution in [3.8, 4) is 0 Å². The molecule has 0 radical (unpaired) electrons. The first-order valence-corrected chi connectivity index (χ1v) is 12.3. The predicted octanol–water partition coefficient (Wildman–Crippen LogP) is 2.29. The van der Waals surface area contributed by atoms with Crippen molar-refractivity contribution in [2.75, 3.05) is 24.6 Å². The maximum absolute atomic E-state index is 10.5. The minimum absolute atomic E-state index is 0.0444. The van der Waals surface area contributed by atoms with Gasteiger partial charge in [-0.3, -0.25) is 4.57 Å². The summed E-state index contributed by atoms with van der Waals surface area (Å²) in [4.78, 5) is 15.6. The quantitative estimate of drug-likeness (QED) is 0.352. The molecule has 0 aliphatic carbocycles. The van der Waals surface area contributed by atoms with Crippen molar-refractivity contribution in [2.24, 2.45) is 0 Å². The van der Waals surface area contributed by atoms with E-state index < -0.39 is 31.1 Å². The van der Waals surface area contributed by atoms with Crippen LogP contribution >= 0.6 is 11.6 Å². The first kappa shape index (κ1) is 23.3. The number of benzene rings is 2. The maximum Gasteiger partial charge on any atom is 0.226 e. The highest BCUT2D eigenvalue weighted by molar-refractivity contribution is 6.28. The second-order valence-corrected chi connectivity index (χ2v) is 9.69. The summed E-state index contributed by atoms with van der Waals surface area (Å²) >= 11 is 6.38. The minimum atomic E-state index is -1.26. The average Bonchev–Trinajstić information content (AvgIpc) is 3.62. The second-order valence-electron chi connectivity index (χ2n) is 9.35. The molecule has 2 aliphatic heterocycles. The van der Waals surface area contributed by atoms with Crippen molar-refractivity contribution in [3.63, 3.8) is 0 Å². The van der Waals surface area contributed by atoms with Crippen molar-refractivity contribution >= 4 is 28.6 Å². The van der Waals surface area contributed by atoms with Gasteiger partial charge < -0.3 is 25.0 Å². The number of halogens is 1. The Morgan fingerprint density at radius 3 is 2.25 bits per heavy atom. The lowest BCUT2D eigenvalue weighted by atomic mass is 9.74. The molecule has 0 bridgehead atoms. The Morgan fingerprint density at radius 2 is 1.64 bits per heavy atom. The summed E-state index contributed by atoms with van der Waals surface area (Å²) in [5.41, 5.74) is 3.13. The van der Waals surface area contributed by atoms with Gasteiger partial charge in [-0.05, 0) is 29.1 Å². The molecule has 6 rings (SSSR count). The first-order chi connectivity index (χ1) is 17.5. The van der Waals surface area contributed by atoms with Crippen LogP contribution in [-0.4, -0.2) is 72.8 Å². The number of aliphatic hydroxyl groups excluding tert-OH is 3. The van der Waals surface area contributed by atoms with Gasteiger partial charge in [0, 0.05) is 18.5 Å². The third kappa shape index (κ3) is 3.66. The fourth-order valence-electron chi connectivity index (χ4n) is 5.54. The summed E-state index contributed by atoms with van der Waals surface area (Å²) in [5, 5.41) is 30.3. The Kier molecular flexibility index (Phi) is 5.89. The number of aliphatic hydroxyl groups is 3. The standard InChI is InChI=1S/C26H26ClN5O4/c27-25-29-22(19-23(30-25)32(15-28-19)24-21(35)20(34)18(13-33)36-24)31-12-11-26(14-31,16-7-3-1-4-8-16)17-9-5-2-6-10-17/h1-10,15,18,20-21,24,33-35H,11-14H2/t18-,20+,21?,24-/m1/s1. The molecular weight excluding hydrogens is 482 g/mol. The molecule has 0 amide bonds. The number of fused-ring (bicyclic) bond motifs is 1. The van der Waals surface area contributed by atoms with Gasteiger partial charge in [0.2, 0.25) is 5.28 Å². The van der Waals surface area contributed by atoms with Gasteiger partial charge in [0.05, 0.1) is 12.9 Å². The van der Waals surface area contributed by atoms with E-state index in [9.17, 15) is 15.3 Å². The molecular formula is C26H26ClN5O4. The van der Waals surface area contributed by atoms with Crippen LogP contribution in [0.25, 0.3) is 11.2 Å². The van der Waals surface area contributed by atoms with E-state index in [4.69, 9.17) is 16.3 Å². The lowest BCUT2D eigenvalue weighted by Gasteiger charge is -2.31. The van der Waals surface area contributed by atoms with Crippen LogP contribution in [0.15, 0.2) is 67.0 Å². The fraction of sp³-hybridized carbons (Fsp3) is 0.346. The molecule has 2 aliphatic rings. The normalized spacial score (nSPS) is 25.6. The SMILES string of the molecule is OC[C@H]1O[C@@H](n2cnc3c(N4CCC(c5ccccc5)(c5ccccc5)C4)nc(Cl)nc32)C(O)[C@H]1O. The highest BCUT2D eigenvalue weighted by Gasteiger charge is 2.45. The molecule has 36 heavy (non-hydrogen) atoms. The van der Waals surface area contributed by atoms with Gasteiger partial charge in [0.25, 0.3) is 0 Å². The molecule has 10 heteroatoms. The number of imidazole rings is 1. The zero-order valence-corrected chi connectivity index (χ0v) is 20.1. The van der Waals surface area contributed by atoms with Crippen LogP contribution < -0.4 is 4.90 Å². The molecule has 2 fully saturated rings. The molecule has 4 aromatic rings. The molecule has 2 aromatic carbocycles. The predicted molar refractivity (Wildman–Crippen MR) is 134 cm³/mol. The Morgan fingerprint density at radius 1 is 0.972 bits per heavy atom. The number of aromatic nitrogens is 4. The lowest BCUT2D eigenvalue weighted by molar-refractivity contribution is -0.0511. The van der Waals surface area contributed by atoms with Gasteiger partial charge in [-0.25, -0.2) is 4.98 Å². The zero-order valence-electron chi connectivity index (χ0n) is 19.4. The van der Waals surface area contributed by atoms with Gasteiger partial charge in [-0.1, -0.05) is 60.7 Å². The van der Waals surface area contributed by atoms with Crippen LogP contribution in [0.5, 0.6) is 0 Å². The van der Waals surface area contributed by atoms with E-state index in [0.29, 0.717) is 23.5 Å². The van der Waals surface area contributed by atoms with Crippen LogP contribution in [-0.2, 0) is 10.2 Å². The molecule has 2 aromatic heterocycles. The number of ether oxygens (including phenoxy) is 1. The fourth-order valence-corrected chi connectivity index (χ4v) is 5.70. The van der Waals surface area contributed by atoms with E-state index in [1.54, 1.807) is 0 Å². The Hall–Kier alpha value is -3.08. The molecule has 186 valence electrons. The van der Waals surface area contributed by atoms with E-state index >= 15 is 0 Å². The summed E-state index contributed by atoms with van der Waals surface area (Å²) in [5.74, 6) is 0.601. The van der Waals surface area contributed by atoms with Gasteiger partial charge in [-0.15, -0.1) is 0 Å². The average molecular weight is 508 g/mol. The molecule has 3 N–H and O–H groups in total. The van der Waals surface area contributed by atoms with E-state index in [-0.39, 0.29) is 10.7 Å². The summed E-state index contributed by atoms with van der Waals surface area (Å²) in [6.45, 7) is 0.980. The molecule has 2 saturated heterocycles. The number of anilines is 1. The van der Waals surface area contributed by atoms with Crippen LogP contribution in [0.1, 0.15) is 23.8 Å². The third-order valence-corrected chi connectivity index (χ3v) is 7.56. The number of rotatable bonds is 5. The second kappa shape index (κ2) is 9.10. The Balaban J connectivity index is 1.41. The molecule has 1 unspecified atom stereocenters. The summed E-state index contributed by atoms with van der Waals surface area (Å²) in [7, 11) is 0. The summed E-state index contributed by atoms with van der Waals surface area (Å²) in [6, 6.07) is 20.9. The monoisotopic (exact) mass is 507 g/mol. The van der Waals surface area contributed by atoms with Crippen molar-refractivity contribution < 1.29 is 20.1 Å². The van der Waals surface area contributed by atoms with Gasteiger partial charge in [0.15, 0.2) is 23.2 Å². The topological polar surface area (TPSA) is 117 Å². The van der Waals surface area contributed by atoms with Gasteiger partial charge in [-0.2, -0.15) is 9.97 Å². The van der Waals surface area contributed by atoms with E-state index in [1.165, 1.54) is 22.0 Å². The van der Waals surface area contributed by atoms with Crippen LogP contribution in [0, 0.1) is 0 Å². The molecule has 4 heterocycles. The zero-order chi connectivity index (χ0) is 24.9. The van der Waals surface area contributed by atoms with Crippen molar-refractivity contribution in [1.29, 1.82) is 0 Å². The minimum Gasteiger partial charge on any atom is -0.394 e. The molecule has 0 spiro atoms. The van der Waals surface area contributed by atoms with Crippen molar-refractivity contribution in [2.45, 2.75) is 36.4 Å². The van der Waals surface area contributed by atoms with E-state index in [0.717, 1.165) is 13.0 Å². The van der Waals surface area contributed by atoms with E-state index in [2.05, 4.69) is 68.4 Å². The number of hydrogen-bond acceptors (Lipinski definition) is 8. The highest BCUT2D eigenvalue weighted by Crippen LogP contribution is 2.43. The number of nitrogens with zero attached hydrogens (tertiary/aromatic N) is 5. The molecule has 4 atom stereocenters. The Bertz CT molecular complexity index is 1330. The van der Waals surface area contributed by atoms with Gasteiger partial charge >= 0.3 is 0 Å².